The Labute approximate surface area is 149 Å². The van der Waals surface area contributed by atoms with E-state index in [0.29, 0.717) is 36.4 Å². The fourth-order valence-corrected chi connectivity index (χ4v) is 3.06. The van der Waals surface area contributed by atoms with Crippen molar-refractivity contribution in [2.45, 2.75) is 19.4 Å². The first kappa shape index (κ1) is 19.0. The summed E-state index contributed by atoms with van der Waals surface area (Å²) in [6.45, 7) is 4.99. The number of ether oxygens (including phenoxy) is 2. The molecule has 2 atom stereocenters. The molecule has 0 N–H and O–H groups in total. The molecule has 0 aromatic heterocycles. The minimum atomic E-state index is -0.0113. The lowest BCUT2D eigenvalue weighted by atomic mass is 9.97. The van der Waals surface area contributed by atoms with Gasteiger partial charge in [0.25, 0.3) is 5.91 Å². The number of halogens is 1. The van der Waals surface area contributed by atoms with Gasteiger partial charge in [-0.1, -0.05) is 17.7 Å². The Morgan fingerprint density at radius 1 is 1.46 bits per heavy atom. The summed E-state index contributed by atoms with van der Waals surface area (Å²) in [4.78, 5) is 16.7. The summed E-state index contributed by atoms with van der Waals surface area (Å²) in [6, 6.07) is 7.24. The molecule has 0 aliphatic carbocycles. The zero-order valence-electron chi connectivity index (χ0n) is 14.7. The van der Waals surface area contributed by atoms with Gasteiger partial charge in [0.2, 0.25) is 0 Å². The predicted octanol–water partition coefficient (Wildman–Crippen LogP) is 2.53. The van der Waals surface area contributed by atoms with Crippen molar-refractivity contribution in [2.24, 2.45) is 5.92 Å². The predicted molar refractivity (Wildman–Crippen MR) is 95.6 cm³/mol. The molecule has 0 radical (unpaired) electrons. The van der Waals surface area contributed by atoms with Gasteiger partial charge < -0.3 is 19.3 Å². The molecule has 6 heteroatoms. The third-order valence-corrected chi connectivity index (χ3v) is 4.64. The van der Waals surface area contributed by atoms with Crippen molar-refractivity contribution in [2.75, 3.05) is 47.0 Å². The number of nitrogens with zero attached hydrogens (tertiary/aromatic N) is 2. The minimum Gasteiger partial charge on any atom is -0.484 e. The smallest absolute Gasteiger partial charge is 0.260 e. The van der Waals surface area contributed by atoms with Gasteiger partial charge in [0, 0.05) is 23.5 Å². The second kappa shape index (κ2) is 9.25. The normalized spacial score (nSPS) is 21.6. The second-order valence-corrected chi connectivity index (χ2v) is 6.94. The van der Waals surface area contributed by atoms with Crippen LogP contribution in [0.2, 0.25) is 5.02 Å². The lowest BCUT2D eigenvalue weighted by molar-refractivity contribution is -0.136. The maximum absolute atomic E-state index is 12.6. The van der Waals surface area contributed by atoms with E-state index >= 15 is 0 Å². The summed E-state index contributed by atoms with van der Waals surface area (Å²) < 4.78 is 11.3. The number of benzene rings is 1. The lowest BCUT2D eigenvalue weighted by Crippen LogP contribution is -2.45. The van der Waals surface area contributed by atoms with E-state index < -0.39 is 0 Å². The number of rotatable bonds is 6. The van der Waals surface area contributed by atoms with E-state index in [4.69, 9.17) is 21.1 Å². The third kappa shape index (κ3) is 5.65. The molecule has 2 rings (SSSR count). The molecule has 1 aromatic carbocycles. The van der Waals surface area contributed by atoms with Gasteiger partial charge in [-0.05, 0) is 52.2 Å². The fraction of sp³-hybridized carbons (Fsp3) is 0.611. The van der Waals surface area contributed by atoms with Crippen molar-refractivity contribution in [1.29, 1.82) is 0 Å². The molecular weight excluding hydrogens is 328 g/mol. The molecule has 1 amide bonds. The quantitative estimate of drug-likeness (QED) is 0.787. The number of hydrogen-bond donors (Lipinski definition) is 0. The number of carbonyl (C=O) groups is 1. The molecule has 5 nitrogen and oxygen atoms in total. The van der Waals surface area contributed by atoms with E-state index in [1.165, 1.54) is 0 Å². The van der Waals surface area contributed by atoms with Crippen LogP contribution < -0.4 is 4.74 Å². The van der Waals surface area contributed by atoms with Crippen LogP contribution in [0.15, 0.2) is 24.3 Å². The van der Waals surface area contributed by atoms with Gasteiger partial charge in [0.1, 0.15) is 5.75 Å². The van der Waals surface area contributed by atoms with Crippen LogP contribution in [0, 0.1) is 5.92 Å². The van der Waals surface area contributed by atoms with E-state index in [2.05, 4.69) is 25.9 Å². The van der Waals surface area contributed by atoms with Gasteiger partial charge in [-0.3, -0.25) is 4.79 Å². The van der Waals surface area contributed by atoms with Crippen LogP contribution >= 0.6 is 11.6 Å². The van der Waals surface area contributed by atoms with Crippen LogP contribution in [0.25, 0.3) is 0 Å². The SMILES string of the molecule is C[C@H]1[C@H](CCN(C)C)COCCN1C(=O)COc1cccc(Cl)c1. The molecule has 0 saturated carbocycles. The van der Waals surface area contributed by atoms with Crippen molar-refractivity contribution in [3.05, 3.63) is 29.3 Å². The van der Waals surface area contributed by atoms with Gasteiger partial charge in [0.05, 0.1) is 13.2 Å². The Morgan fingerprint density at radius 2 is 2.25 bits per heavy atom. The fourth-order valence-electron chi connectivity index (χ4n) is 2.88. The highest BCUT2D eigenvalue weighted by atomic mass is 35.5. The number of amides is 1. The summed E-state index contributed by atoms with van der Waals surface area (Å²) >= 11 is 5.94. The molecule has 1 aromatic rings. The monoisotopic (exact) mass is 354 g/mol. The Kier molecular flexibility index (Phi) is 7.34. The summed E-state index contributed by atoms with van der Waals surface area (Å²) in [5, 5.41) is 0.597. The van der Waals surface area contributed by atoms with Crippen molar-refractivity contribution in [3.63, 3.8) is 0 Å². The maximum atomic E-state index is 12.6. The van der Waals surface area contributed by atoms with E-state index in [9.17, 15) is 4.79 Å². The first-order chi connectivity index (χ1) is 11.5. The molecule has 1 heterocycles. The first-order valence-electron chi connectivity index (χ1n) is 8.37. The third-order valence-electron chi connectivity index (χ3n) is 4.41. The molecule has 1 fully saturated rings. The van der Waals surface area contributed by atoms with E-state index in [0.717, 1.165) is 13.0 Å². The van der Waals surface area contributed by atoms with Crippen LogP contribution in [0.3, 0.4) is 0 Å². The summed E-state index contributed by atoms with van der Waals surface area (Å²) in [5.74, 6) is 0.937. The van der Waals surface area contributed by atoms with Crippen LogP contribution in [0.5, 0.6) is 5.75 Å². The van der Waals surface area contributed by atoms with Crippen molar-refractivity contribution in [1.82, 2.24) is 9.80 Å². The standard InChI is InChI=1S/C18H27ClN2O3/c1-14-15(7-8-20(2)3)12-23-10-9-21(14)18(22)13-24-17-6-4-5-16(19)11-17/h4-6,11,14-15H,7-10,12-13H2,1-3H3/t14-,15+/m0/s1. The van der Waals surface area contributed by atoms with Crippen molar-refractivity contribution in [3.8, 4) is 5.75 Å². The van der Waals surface area contributed by atoms with Crippen LogP contribution in [0.1, 0.15) is 13.3 Å². The Morgan fingerprint density at radius 3 is 2.96 bits per heavy atom. The summed E-state index contributed by atoms with van der Waals surface area (Å²) in [7, 11) is 4.12. The molecule has 0 spiro atoms. The zero-order valence-corrected chi connectivity index (χ0v) is 15.5. The summed E-state index contributed by atoms with van der Waals surface area (Å²) in [6.07, 6.45) is 1.01. The Balaban J connectivity index is 1.93. The second-order valence-electron chi connectivity index (χ2n) is 6.50. The van der Waals surface area contributed by atoms with Gasteiger partial charge >= 0.3 is 0 Å². The van der Waals surface area contributed by atoms with E-state index in [1.807, 2.05) is 11.0 Å². The van der Waals surface area contributed by atoms with Gasteiger partial charge in [-0.2, -0.15) is 0 Å². The molecule has 1 saturated heterocycles. The topological polar surface area (TPSA) is 42.0 Å². The average Bonchev–Trinajstić information content (AvgIpc) is 2.72. The largest absolute Gasteiger partial charge is 0.484 e. The average molecular weight is 355 g/mol. The Bertz CT molecular complexity index is 539. The molecule has 0 unspecified atom stereocenters. The van der Waals surface area contributed by atoms with Crippen molar-refractivity contribution < 1.29 is 14.3 Å². The first-order valence-corrected chi connectivity index (χ1v) is 8.75. The van der Waals surface area contributed by atoms with Gasteiger partial charge in [-0.15, -0.1) is 0 Å². The minimum absolute atomic E-state index is 0.0113. The van der Waals surface area contributed by atoms with Crippen LogP contribution in [0.4, 0.5) is 0 Å². The summed E-state index contributed by atoms with van der Waals surface area (Å²) in [5.41, 5.74) is 0. The van der Waals surface area contributed by atoms with Gasteiger partial charge in [0.15, 0.2) is 6.61 Å². The Hall–Kier alpha value is -1.30. The molecule has 1 aliphatic heterocycles. The molecule has 134 valence electrons. The highest BCUT2D eigenvalue weighted by molar-refractivity contribution is 6.30. The maximum Gasteiger partial charge on any atom is 0.260 e. The van der Waals surface area contributed by atoms with Crippen LogP contribution in [-0.2, 0) is 9.53 Å². The van der Waals surface area contributed by atoms with Gasteiger partial charge in [-0.25, -0.2) is 0 Å². The zero-order chi connectivity index (χ0) is 17.5. The van der Waals surface area contributed by atoms with E-state index in [-0.39, 0.29) is 18.6 Å². The molecule has 1 aliphatic rings. The molecular formula is C18H27ClN2O3. The van der Waals surface area contributed by atoms with Crippen molar-refractivity contribution >= 4 is 17.5 Å². The highest BCUT2D eigenvalue weighted by Crippen LogP contribution is 2.21. The number of hydrogen-bond acceptors (Lipinski definition) is 4. The van der Waals surface area contributed by atoms with E-state index in [1.54, 1.807) is 18.2 Å². The molecule has 0 bridgehead atoms. The molecule has 24 heavy (non-hydrogen) atoms. The highest BCUT2D eigenvalue weighted by Gasteiger charge is 2.30. The number of carbonyl (C=O) groups excluding carboxylic acids is 1. The van der Waals surface area contributed by atoms with Crippen LogP contribution in [-0.4, -0.2) is 68.8 Å². The lowest BCUT2D eigenvalue weighted by Gasteiger charge is -2.32.